The van der Waals surface area contributed by atoms with Gasteiger partial charge in [-0.3, -0.25) is 0 Å². The molecule has 1 aliphatic heterocycles. The summed E-state index contributed by atoms with van der Waals surface area (Å²) in [7, 11) is 0. The number of rotatable bonds is 1. The maximum absolute atomic E-state index is 10.0. The van der Waals surface area contributed by atoms with E-state index in [1.807, 2.05) is 12.1 Å². The average molecular weight is 264 g/mol. The van der Waals surface area contributed by atoms with Gasteiger partial charge in [0, 0.05) is 23.8 Å². The van der Waals surface area contributed by atoms with Gasteiger partial charge in [0.1, 0.15) is 0 Å². The minimum Gasteiger partial charge on any atom is -0.393 e. The first-order valence-corrected chi connectivity index (χ1v) is 7.29. The van der Waals surface area contributed by atoms with Crippen molar-refractivity contribution < 1.29 is 5.11 Å². The summed E-state index contributed by atoms with van der Waals surface area (Å²) in [6.45, 7) is 2.28. The Morgan fingerprint density at radius 3 is 2.50 bits per heavy atom. The summed E-state index contributed by atoms with van der Waals surface area (Å²) in [5, 5.41) is 10.8. The molecule has 5 unspecified atom stereocenters. The number of fused-ring (bicyclic) bond motifs is 5. The second-order valence-electron chi connectivity index (χ2n) is 6.17. The predicted octanol–water partition coefficient (Wildman–Crippen LogP) is 2.79. The molecule has 1 aromatic rings. The summed E-state index contributed by atoms with van der Waals surface area (Å²) in [5.74, 6) is 2.87. The Hall–Kier alpha value is -0.730. The Balaban J connectivity index is 1.56. The van der Waals surface area contributed by atoms with E-state index in [-0.39, 0.29) is 6.10 Å². The van der Waals surface area contributed by atoms with Gasteiger partial charge in [-0.15, -0.1) is 0 Å². The van der Waals surface area contributed by atoms with Gasteiger partial charge in [-0.1, -0.05) is 11.6 Å². The minimum atomic E-state index is -0.0265. The largest absolute Gasteiger partial charge is 0.393 e. The first-order valence-electron chi connectivity index (χ1n) is 6.91. The molecule has 96 valence electrons. The summed E-state index contributed by atoms with van der Waals surface area (Å²) in [4.78, 5) is 2.48. The van der Waals surface area contributed by atoms with E-state index < -0.39 is 0 Å². The highest BCUT2D eigenvalue weighted by Gasteiger charge is 2.55. The molecule has 1 saturated heterocycles. The third kappa shape index (κ3) is 1.52. The molecule has 0 aromatic heterocycles. The zero-order chi connectivity index (χ0) is 12.3. The van der Waals surface area contributed by atoms with E-state index in [1.54, 1.807) is 0 Å². The highest BCUT2D eigenvalue weighted by Crippen LogP contribution is 2.55. The predicted molar refractivity (Wildman–Crippen MR) is 72.9 cm³/mol. The maximum Gasteiger partial charge on any atom is 0.0574 e. The van der Waals surface area contributed by atoms with Crippen LogP contribution in [0.2, 0.25) is 5.02 Å². The van der Waals surface area contributed by atoms with Crippen LogP contribution in [0.4, 0.5) is 5.69 Å². The molecule has 2 aliphatic carbocycles. The molecule has 2 saturated carbocycles. The third-order valence-electron chi connectivity index (χ3n) is 5.37. The lowest BCUT2D eigenvalue weighted by Crippen LogP contribution is -2.30. The van der Waals surface area contributed by atoms with Crippen molar-refractivity contribution in [3.05, 3.63) is 29.3 Å². The molecule has 0 radical (unpaired) electrons. The van der Waals surface area contributed by atoms with Crippen LogP contribution < -0.4 is 4.90 Å². The highest BCUT2D eigenvalue weighted by molar-refractivity contribution is 6.30. The van der Waals surface area contributed by atoms with Crippen molar-refractivity contribution in [2.45, 2.75) is 18.9 Å². The fourth-order valence-corrected chi connectivity index (χ4v) is 4.69. The number of hydrogen-bond donors (Lipinski definition) is 1. The standard InChI is InChI=1S/C15H18ClNO/c16-10-1-3-11(4-2-10)17-7-13-9-5-12(14(13)8-17)15(18)6-9/h1-4,9,12-15,18H,5-8H2. The molecule has 1 aromatic carbocycles. The van der Waals surface area contributed by atoms with E-state index in [0.29, 0.717) is 5.92 Å². The van der Waals surface area contributed by atoms with Gasteiger partial charge in [-0.2, -0.15) is 0 Å². The molecule has 18 heavy (non-hydrogen) atoms. The van der Waals surface area contributed by atoms with Gasteiger partial charge in [-0.05, 0) is 60.8 Å². The fourth-order valence-electron chi connectivity index (χ4n) is 4.57. The number of aliphatic hydroxyl groups is 1. The SMILES string of the molecule is OC1CC2CC1C1CN(c3ccc(Cl)cc3)CC21. The van der Waals surface area contributed by atoms with E-state index >= 15 is 0 Å². The van der Waals surface area contributed by atoms with Gasteiger partial charge >= 0.3 is 0 Å². The lowest BCUT2D eigenvalue weighted by Gasteiger charge is -2.26. The average Bonchev–Trinajstić information content (AvgIpc) is 2.99. The number of hydrogen-bond acceptors (Lipinski definition) is 2. The number of aliphatic hydroxyl groups excluding tert-OH is 1. The number of nitrogens with zero attached hydrogens (tertiary/aromatic N) is 1. The summed E-state index contributed by atoms with van der Waals surface area (Å²) < 4.78 is 0. The fraction of sp³-hybridized carbons (Fsp3) is 0.600. The minimum absolute atomic E-state index is 0.0265. The van der Waals surface area contributed by atoms with E-state index in [2.05, 4.69) is 17.0 Å². The van der Waals surface area contributed by atoms with Gasteiger partial charge in [0.15, 0.2) is 0 Å². The zero-order valence-corrected chi connectivity index (χ0v) is 11.1. The molecule has 0 amide bonds. The van der Waals surface area contributed by atoms with Crippen LogP contribution in [0.1, 0.15) is 12.8 Å². The lowest BCUT2D eigenvalue weighted by atomic mass is 9.80. The number of anilines is 1. The third-order valence-corrected chi connectivity index (χ3v) is 5.62. The van der Waals surface area contributed by atoms with Crippen LogP contribution in [-0.4, -0.2) is 24.3 Å². The molecule has 1 heterocycles. The maximum atomic E-state index is 10.0. The van der Waals surface area contributed by atoms with Gasteiger partial charge in [-0.25, -0.2) is 0 Å². The molecular weight excluding hydrogens is 246 g/mol. The zero-order valence-electron chi connectivity index (χ0n) is 10.3. The van der Waals surface area contributed by atoms with Crippen LogP contribution in [-0.2, 0) is 0 Å². The van der Waals surface area contributed by atoms with Gasteiger partial charge in [0.25, 0.3) is 0 Å². The molecule has 3 fully saturated rings. The topological polar surface area (TPSA) is 23.5 Å². The Morgan fingerprint density at radius 1 is 1.00 bits per heavy atom. The normalized spacial score (nSPS) is 41.4. The van der Waals surface area contributed by atoms with Crippen molar-refractivity contribution in [2.75, 3.05) is 18.0 Å². The lowest BCUT2D eigenvalue weighted by molar-refractivity contribution is 0.0702. The Kier molecular flexibility index (Phi) is 2.40. The monoisotopic (exact) mass is 263 g/mol. The van der Waals surface area contributed by atoms with Gasteiger partial charge in [0.2, 0.25) is 0 Å². The highest BCUT2D eigenvalue weighted by atomic mass is 35.5. The van der Waals surface area contributed by atoms with Crippen LogP contribution in [0, 0.1) is 23.7 Å². The Bertz CT molecular complexity index is 460. The molecule has 4 rings (SSSR count). The van der Waals surface area contributed by atoms with E-state index in [4.69, 9.17) is 11.6 Å². The molecular formula is C15H18ClNO. The summed E-state index contributed by atoms with van der Waals surface area (Å²) >= 11 is 5.94. The Labute approximate surface area is 113 Å². The molecule has 2 nitrogen and oxygen atoms in total. The Morgan fingerprint density at radius 2 is 1.72 bits per heavy atom. The second kappa shape index (κ2) is 3.88. The van der Waals surface area contributed by atoms with Crippen LogP contribution in [0.5, 0.6) is 0 Å². The van der Waals surface area contributed by atoms with E-state index in [0.717, 1.165) is 35.7 Å². The second-order valence-corrected chi connectivity index (χ2v) is 6.61. The number of halogens is 1. The van der Waals surface area contributed by atoms with Gasteiger partial charge < -0.3 is 10.0 Å². The number of benzene rings is 1. The molecule has 0 spiro atoms. The van der Waals surface area contributed by atoms with Crippen molar-refractivity contribution >= 4 is 17.3 Å². The van der Waals surface area contributed by atoms with Crippen molar-refractivity contribution in [3.8, 4) is 0 Å². The molecule has 3 aliphatic rings. The van der Waals surface area contributed by atoms with E-state index in [9.17, 15) is 5.11 Å². The van der Waals surface area contributed by atoms with Crippen LogP contribution in [0.25, 0.3) is 0 Å². The quantitative estimate of drug-likeness (QED) is 0.842. The van der Waals surface area contributed by atoms with Crippen molar-refractivity contribution in [1.29, 1.82) is 0 Å². The van der Waals surface area contributed by atoms with Crippen molar-refractivity contribution in [2.24, 2.45) is 23.7 Å². The smallest absolute Gasteiger partial charge is 0.0574 e. The van der Waals surface area contributed by atoms with Crippen LogP contribution in [0.15, 0.2) is 24.3 Å². The van der Waals surface area contributed by atoms with Crippen molar-refractivity contribution in [1.82, 2.24) is 0 Å². The van der Waals surface area contributed by atoms with Gasteiger partial charge in [0.05, 0.1) is 6.10 Å². The molecule has 3 heteroatoms. The summed E-state index contributed by atoms with van der Waals surface area (Å²) in [6.07, 6.45) is 2.28. The van der Waals surface area contributed by atoms with E-state index in [1.165, 1.54) is 18.7 Å². The summed E-state index contributed by atoms with van der Waals surface area (Å²) in [5.41, 5.74) is 1.28. The van der Waals surface area contributed by atoms with Crippen LogP contribution >= 0.6 is 11.6 Å². The van der Waals surface area contributed by atoms with Crippen LogP contribution in [0.3, 0.4) is 0 Å². The summed E-state index contributed by atoms with van der Waals surface area (Å²) in [6, 6.07) is 8.16. The van der Waals surface area contributed by atoms with Crippen molar-refractivity contribution in [3.63, 3.8) is 0 Å². The molecule has 5 atom stereocenters. The molecule has 1 N–H and O–H groups in total. The first kappa shape index (κ1) is 11.1. The first-order chi connectivity index (χ1) is 8.72. The molecule has 2 bridgehead atoms.